The highest BCUT2D eigenvalue weighted by Gasteiger charge is 2.40. The van der Waals surface area contributed by atoms with Crippen molar-refractivity contribution in [2.24, 2.45) is 16.0 Å². The van der Waals surface area contributed by atoms with Gasteiger partial charge >= 0.3 is 11.9 Å². The fraction of sp³-hybridized carbons (Fsp3) is 0.421. The van der Waals surface area contributed by atoms with Gasteiger partial charge in [-0.15, -0.1) is 0 Å². The third-order valence-electron chi connectivity index (χ3n) is 4.22. The van der Waals surface area contributed by atoms with Gasteiger partial charge in [0.1, 0.15) is 5.92 Å². The van der Waals surface area contributed by atoms with Crippen molar-refractivity contribution in [1.82, 2.24) is 0 Å². The number of azide groups is 1. The average Bonchev–Trinajstić information content (AvgIpc) is 2.73. The molecule has 1 aromatic carbocycles. The smallest absolute Gasteiger partial charge is 0.336 e. The van der Waals surface area contributed by atoms with E-state index in [1.807, 2.05) is 0 Å². The van der Waals surface area contributed by atoms with E-state index >= 15 is 0 Å². The van der Waals surface area contributed by atoms with Crippen LogP contribution in [0.3, 0.4) is 0 Å². The number of hydrogen-bond acceptors (Lipinski definition) is 7. The van der Waals surface area contributed by atoms with Gasteiger partial charge in [-0.1, -0.05) is 34.9 Å². The number of carbonyl (C=O) groups is 2. The van der Waals surface area contributed by atoms with Gasteiger partial charge in [0.25, 0.3) is 0 Å². The number of methoxy groups -OCH3 is 1. The second kappa shape index (κ2) is 11.2. The molecular weight excluding hydrogens is 400 g/mol. The highest BCUT2D eigenvalue weighted by atomic mass is 35.5. The number of carbonyl (C=O) groups excluding carboxylic acids is 2. The zero-order chi connectivity index (χ0) is 21.2. The average molecular weight is 421 g/mol. The maximum atomic E-state index is 12.8. The Hall–Kier alpha value is -2.87. The molecule has 154 valence electrons. The molecule has 0 fully saturated rings. The molecule has 0 saturated carbocycles. The molecule has 10 heteroatoms. The maximum absolute atomic E-state index is 12.8. The number of esters is 2. The summed E-state index contributed by atoms with van der Waals surface area (Å²) in [5.41, 5.74) is 9.40. The molecule has 0 amide bonds. The minimum atomic E-state index is -0.855. The summed E-state index contributed by atoms with van der Waals surface area (Å²) in [7, 11) is 1.27. The molecule has 0 radical (unpaired) electrons. The van der Waals surface area contributed by atoms with Crippen LogP contribution in [0.1, 0.15) is 18.4 Å². The normalized spacial score (nSPS) is 18.2. The van der Waals surface area contributed by atoms with Crippen LogP contribution in [0, 0.1) is 5.92 Å². The monoisotopic (exact) mass is 420 g/mol. The van der Waals surface area contributed by atoms with Crippen LogP contribution in [-0.4, -0.2) is 51.6 Å². The standard InChI is InChI=1S/C19H21ClN4O5/c1-3-29-19(26)17-15(11-28-9-8-23-24-21)22-10-13(18(25)27-2)16(17)12-6-4-5-7-14(12)20/h4-7,10,13,16H,3,8-9,11H2,1-2H3. The van der Waals surface area contributed by atoms with Crippen molar-refractivity contribution < 1.29 is 23.8 Å². The Morgan fingerprint density at radius 1 is 1.34 bits per heavy atom. The molecule has 1 aliphatic rings. The summed E-state index contributed by atoms with van der Waals surface area (Å²) in [4.78, 5) is 32.2. The summed E-state index contributed by atoms with van der Waals surface area (Å²) in [5.74, 6) is -2.77. The van der Waals surface area contributed by atoms with Gasteiger partial charge in [0.05, 0.1) is 38.2 Å². The number of benzene rings is 1. The second-order valence-corrected chi connectivity index (χ2v) is 6.32. The van der Waals surface area contributed by atoms with Crippen molar-refractivity contribution in [1.29, 1.82) is 0 Å². The lowest BCUT2D eigenvalue weighted by atomic mass is 9.78. The van der Waals surface area contributed by atoms with Crippen LogP contribution in [-0.2, 0) is 23.8 Å². The molecule has 2 atom stereocenters. The minimum absolute atomic E-state index is 0.0273. The molecule has 0 aliphatic carbocycles. The largest absolute Gasteiger partial charge is 0.468 e. The van der Waals surface area contributed by atoms with Crippen LogP contribution in [0.2, 0.25) is 5.02 Å². The lowest BCUT2D eigenvalue weighted by Gasteiger charge is -2.29. The zero-order valence-corrected chi connectivity index (χ0v) is 16.8. The second-order valence-electron chi connectivity index (χ2n) is 5.91. The Morgan fingerprint density at radius 2 is 2.10 bits per heavy atom. The molecule has 0 bridgehead atoms. The Bertz CT molecular complexity index is 864. The van der Waals surface area contributed by atoms with Gasteiger partial charge in [-0.25, -0.2) is 4.79 Å². The highest BCUT2D eigenvalue weighted by molar-refractivity contribution is 6.31. The first-order chi connectivity index (χ1) is 14.0. The van der Waals surface area contributed by atoms with Crippen molar-refractivity contribution in [3.05, 3.63) is 56.6 Å². The summed E-state index contributed by atoms with van der Waals surface area (Å²) < 4.78 is 15.6. The fourth-order valence-corrected chi connectivity index (χ4v) is 3.24. The summed E-state index contributed by atoms with van der Waals surface area (Å²) in [6.07, 6.45) is 1.43. The molecule has 0 spiro atoms. The van der Waals surface area contributed by atoms with E-state index in [1.165, 1.54) is 13.3 Å². The topological polar surface area (TPSA) is 123 Å². The van der Waals surface area contributed by atoms with E-state index < -0.39 is 23.8 Å². The van der Waals surface area contributed by atoms with Crippen LogP contribution in [0.5, 0.6) is 0 Å². The van der Waals surface area contributed by atoms with E-state index in [9.17, 15) is 9.59 Å². The number of ether oxygens (including phenoxy) is 3. The first-order valence-electron chi connectivity index (χ1n) is 8.90. The summed E-state index contributed by atoms with van der Waals surface area (Å²) in [6, 6.07) is 6.93. The predicted molar refractivity (Wildman–Crippen MR) is 107 cm³/mol. The SMILES string of the molecule is CCOC(=O)C1=C(COCCN=[N+]=[N-])N=CC(C(=O)OC)C1c1ccccc1Cl. The van der Waals surface area contributed by atoms with Crippen LogP contribution in [0.15, 0.2) is 45.6 Å². The molecule has 1 aliphatic heterocycles. The summed E-state index contributed by atoms with van der Waals surface area (Å²) >= 11 is 6.38. The van der Waals surface area contributed by atoms with E-state index in [4.69, 9.17) is 31.3 Å². The third kappa shape index (κ3) is 5.57. The number of aliphatic imine (C=N–C) groups is 1. The summed E-state index contributed by atoms with van der Waals surface area (Å²) in [6.45, 7) is 2.09. The molecule has 0 saturated heterocycles. The first kappa shape index (κ1) is 22.4. The lowest BCUT2D eigenvalue weighted by molar-refractivity contribution is -0.143. The molecule has 0 N–H and O–H groups in total. The number of rotatable bonds is 9. The van der Waals surface area contributed by atoms with Gasteiger partial charge in [0.2, 0.25) is 0 Å². The Morgan fingerprint density at radius 3 is 2.76 bits per heavy atom. The van der Waals surface area contributed by atoms with E-state index in [2.05, 4.69) is 15.0 Å². The van der Waals surface area contributed by atoms with Crippen molar-refractivity contribution in [2.45, 2.75) is 12.8 Å². The highest BCUT2D eigenvalue weighted by Crippen LogP contribution is 2.40. The van der Waals surface area contributed by atoms with Crippen molar-refractivity contribution in [3.8, 4) is 0 Å². The predicted octanol–water partition coefficient (Wildman–Crippen LogP) is 3.44. The molecule has 0 aromatic heterocycles. The zero-order valence-electron chi connectivity index (χ0n) is 16.1. The van der Waals surface area contributed by atoms with Gasteiger partial charge in [0, 0.05) is 28.6 Å². The molecule has 9 nitrogen and oxygen atoms in total. The molecule has 2 unspecified atom stereocenters. The van der Waals surface area contributed by atoms with Crippen molar-refractivity contribution in [2.75, 3.05) is 33.5 Å². The van der Waals surface area contributed by atoms with E-state index in [0.29, 0.717) is 16.3 Å². The van der Waals surface area contributed by atoms with Gasteiger partial charge in [-0.05, 0) is 24.1 Å². The molecule has 1 heterocycles. The van der Waals surface area contributed by atoms with Crippen LogP contribution >= 0.6 is 11.6 Å². The number of nitrogens with zero attached hydrogens (tertiary/aromatic N) is 4. The van der Waals surface area contributed by atoms with Gasteiger partial charge in [0.15, 0.2) is 0 Å². The van der Waals surface area contributed by atoms with Crippen LogP contribution < -0.4 is 0 Å². The molecule has 1 aromatic rings. The maximum Gasteiger partial charge on any atom is 0.336 e. The molecule has 2 rings (SSSR count). The Kier molecular flexibility index (Phi) is 8.67. The first-order valence-corrected chi connectivity index (χ1v) is 9.28. The van der Waals surface area contributed by atoms with E-state index in [-0.39, 0.29) is 31.9 Å². The fourth-order valence-electron chi connectivity index (χ4n) is 2.98. The quantitative estimate of drug-likeness (QED) is 0.199. The van der Waals surface area contributed by atoms with Crippen molar-refractivity contribution >= 4 is 29.8 Å². The number of halogens is 1. The Balaban J connectivity index is 2.50. The van der Waals surface area contributed by atoms with Crippen LogP contribution in [0.25, 0.3) is 10.4 Å². The van der Waals surface area contributed by atoms with E-state index in [1.54, 1.807) is 31.2 Å². The van der Waals surface area contributed by atoms with Crippen molar-refractivity contribution in [3.63, 3.8) is 0 Å². The minimum Gasteiger partial charge on any atom is -0.468 e. The molecule has 29 heavy (non-hydrogen) atoms. The summed E-state index contributed by atoms with van der Waals surface area (Å²) in [5, 5.41) is 3.78. The Labute approximate surface area is 172 Å². The van der Waals surface area contributed by atoms with Gasteiger partial charge in [-0.3, -0.25) is 9.79 Å². The third-order valence-corrected chi connectivity index (χ3v) is 4.56. The lowest BCUT2D eigenvalue weighted by Crippen LogP contribution is -2.33. The van der Waals surface area contributed by atoms with Gasteiger partial charge in [-0.2, -0.15) is 0 Å². The van der Waals surface area contributed by atoms with E-state index in [0.717, 1.165) is 0 Å². The number of hydrogen-bond donors (Lipinski definition) is 0. The van der Waals surface area contributed by atoms with Gasteiger partial charge < -0.3 is 14.2 Å². The molecular formula is C19H21ClN4O5. The van der Waals surface area contributed by atoms with Crippen LogP contribution in [0.4, 0.5) is 0 Å².